The Hall–Kier alpha value is -4.35. The van der Waals surface area contributed by atoms with Gasteiger partial charge in [0.25, 0.3) is 5.56 Å². The first-order valence-corrected chi connectivity index (χ1v) is 14.4. The van der Waals surface area contributed by atoms with E-state index in [1.807, 2.05) is 48.5 Å². The van der Waals surface area contributed by atoms with Gasteiger partial charge < -0.3 is 10.2 Å². The zero-order valence-electron chi connectivity index (χ0n) is 23.5. The Morgan fingerprint density at radius 1 is 1.07 bits per heavy atom. The fourth-order valence-corrected chi connectivity index (χ4v) is 6.23. The van der Waals surface area contributed by atoms with Crippen LogP contribution in [0, 0.1) is 0 Å². The van der Waals surface area contributed by atoms with Gasteiger partial charge in [0.2, 0.25) is 5.78 Å². The van der Waals surface area contributed by atoms with E-state index in [0.29, 0.717) is 62.1 Å². The monoisotopic (exact) mass is 570 g/mol. The van der Waals surface area contributed by atoms with E-state index in [1.165, 1.54) is 6.33 Å². The summed E-state index contributed by atoms with van der Waals surface area (Å²) in [6.07, 6.45) is 6.08. The minimum absolute atomic E-state index is 0.0600. The molecule has 6 rings (SSSR count). The molecule has 3 aromatic heterocycles. The number of aryl methyl sites for hydroxylation is 1. The summed E-state index contributed by atoms with van der Waals surface area (Å²) in [5, 5.41) is 28.6. The van der Waals surface area contributed by atoms with Crippen LogP contribution in [0.3, 0.4) is 0 Å². The summed E-state index contributed by atoms with van der Waals surface area (Å²) in [6, 6.07) is 15.5. The summed E-state index contributed by atoms with van der Waals surface area (Å²) < 4.78 is 8.28. The number of nitrogens with zero attached hydrogens (tertiary/aromatic N) is 5. The highest BCUT2D eigenvalue weighted by molar-refractivity contribution is 5.80. The minimum atomic E-state index is -0.896. The van der Waals surface area contributed by atoms with Gasteiger partial charge in [-0.1, -0.05) is 67.0 Å². The van der Waals surface area contributed by atoms with Gasteiger partial charge >= 0.3 is 5.76 Å². The number of rotatable bonds is 9. The van der Waals surface area contributed by atoms with Crippen LogP contribution in [0.15, 0.2) is 69.0 Å². The molecular weight excluding hydrogens is 536 g/mol. The molecule has 0 amide bonds. The van der Waals surface area contributed by atoms with Gasteiger partial charge in [-0.2, -0.15) is 10.1 Å². The first-order chi connectivity index (χ1) is 20.4. The van der Waals surface area contributed by atoms with Crippen molar-refractivity contribution in [1.82, 2.24) is 29.3 Å². The molecular formula is C31H34N6O5. The van der Waals surface area contributed by atoms with Crippen molar-refractivity contribution in [2.24, 2.45) is 0 Å². The number of aliphatic hydroxyl groups excluding tert-OH is 1. The highest BCUT2D eigenvalue weighted by Gasteiger charge is 2.35. The number of hydrogen-bond donors (Lipinski definition) is 3. The van der Waals surface area contributed by atoms with E-state index in [-0.39, 0.29) is 18.2 Å². The van der Waals surface area contributed by atoms with Gasteiger partial charge in [0, 0.05) is 30.2 Å². The van der Waals surface area contributed by atoms with Gasteiger partial charge in [0.15, 0.2) is 5.82 Å². The molecule has 42 heavy (non-hydrogen) atoms. The number of hydrogen-bond acceptors (Lipinski definition) is 8. The molecule has 3 N–H and O–H groups in total. The summed E-state index contributed by atoms with van der Waals surface area (Å²) >= 11 is 0. The smallest absolute Gasteiger partial charge is 0.396 e. The number of aromatic amines is 1. The molecule has 1 fully saturated rings. The summed E-state index contributed by atoms with van der Waals surface area (Å²) in [6.45, 7) is 2.02. The Morgan fingerprint density at radius 3 is 2.48 bits per heavy atom. The lowest BCUT2D eigenvalue weighted by Crippen LogP contribution is -2.39. The van der Waals surface area contributed by atoms with E-state index in [0.717, 1.165) is 34.4 Å². The molecule has 1 aliphatic rings. The first kappa shape index (κ1) is 27.8. The third kappa shape index (κ3) is 5.21. The van der Waals surface area contributed by atoms with Crippen LogP contribution in [0.1, 0.15) is 68.3 Å². The molecule has 11 nitrogen and oxygen atoms in total. The average Bonchev–Trinajstić information content (AvgIpc) is 3.66. The maximum atomic E-state index is 14.2. The Morgan fingerprint density at radius 2 is 1.81 bits per heavy atom. The Balaban J connectivity index is 1.35. The maximum absolute atomic E-state index is 14.2. The van der Waals surface area contributed by atoms with Crippen molar-refractivity contribution in [3.63, 3.8) is 0 Å². The van der Waals surface area contributed by atoms with E-state index >= 15 is 0 Å². The number of H-pyrrole nitrogens is 1. The molecule has 0 saturated heterocycles. The lowest BCUT2D eigenvalue weighted by molar-refractivity contribution is -0.0260. The van der Waals surface area contributed by atoms with Gasteiger partial charge in [-0.25, -0.2) is 9.31 Å². The van der Waals surface area contributed by atoms with Crippen LogP contribution in [-0.2, 0) is 12.8 Å². The molecule has 3 heterocycles. The van der Waals surface area contributed by atoms with Gasteiger partial charge in [-0.05, 0) is 55.2 Å². The van der Waals surface area contributed by atoms with E-state index in [9.17, 15) is 19.8 Å². The van der Waals surface area contributed by atoms with Crippen molar-refractivity contribution in [3.8, 4) is 22.5 Å². The molecule has 11 heteroatoms. The van der Waals surface area contributed by atoms with E-state index in [4.69, 9.17) is 4.52 Å². The number of aliphatic hydroxyl groups is 2. The van der Waals surface area contributed by atoms with Gasteiger partial charge in [0.05, 0.1) is 11.3 Å². The van der Waals surface area contributed by atoms with Crippen molar-refractivity contribution in [1.29, 1.82) is 0 Å². The number of nitrogens with one attached hydrogen (secondary N) is 1. The number of benzene rings is 2. The standard InChI is InChI=1S/C31H34N6O5/c1-2-5-26-25(28(39)36(29-32-19-33-37(26)29)22-12-14-31(41,15-13-22)16-17-38)18-20-8-10-21(11-9-20)23-6-3-4-7-24(23)27-34-30(40)42-35-27/h3-4,6-11,19,22,38,41H,2,5,12-18H2,1H3,(H,34,35,40). The second kappa shape index (κ2) is 11.5. The van der Waals surface area contributed by atoms with Gasteiger partial charge in [-0.15, -0.1) is 0 Å². The van der Waals surface area contributed by atoms with Crippen LogP contribution in [0.4, 0.5) is 0 Å². The Kier molecular flexibility index (Phi) is 7.61. The lowest BCUT2D eigenvalue weighted by Gasteiger charge is -2.36. The molecule has 0 aliphatic heterocycles. The molecule has 2 aromatic carbocycles. The molecule has 218 valence electrons. The first-order valence-electron chi connectivity index (χ1n) is 14.4. The van der Waals surface area contributed by atoms with Crippen molar-refractivity contribution >= 4 is 5.78 Å². The Labute approximate surface area is 241 Å². The predicted molar refractivity (Wildman–Crippen MR) is 156 cm³/mol. The average molecular weight is 571 g/mol. The Bertz CT molecular complexity index is 1810. The third-order valence-electron chi connectivity index (χ3n) is 8.41. The predicted octanol–water partition coefficient (Wildman–Crippen LogP) is 3.67. The summed E-state index contributed by atoms with van der Waals surface area (Å²) in [5.74, 6) is 0.285. The largest absolute Gasteiger partial charge is 0.439 e. The molecule has 0 atom stereocenters. The number of aromatic nitrogens is 6. The van der Waals surface area contributed by atoms with Gasteiger partial charge in [0.1, 0.15) is 6.33 Å². The van der Waals surface area contributed by atoms with Crippen LogP contribution in [0.25, 0.3) is 28.3 Å². The zero-order chi connectivity index (χ0) is 29.3. The topological polar surface area (TPSA) is 152 Å². The van der Waals surface area contributed by atoms with Crippen LogP contribution in [0.5, 0.6) is 0 Å². The molecule has 1 saturated carbocycles. The summed E-state index contributed by atoms with van der Waals surface area (Å²) in [7, 11) is 0. The summed E-state index contributed by atoms with van der Waals surface area (Å²) in [4.78, 5) is 32.8. The minimum Gasteiger partial charge on any atom is -0.396 e. The van der Waals surface area contributed by atoms with Crippen LogP contribution < -0.4 is 11.3 Å². The van der Waals surface area contributed by atoms with E-state index < -0.39 is 11.4 Å². The van der Waals surface area contributed by atoms with Crippen molar-refractivity contribution in [3.05, 3.63) is 92.6 Å². The van der Waals surface area contributed by atoms with Crippen LogP contribution in [0.2, 0.25) is 0 Å². The zero-order valence-corrected chi connectivity index (χ0v) is 23.5. The molecule has 0 bridgehead atoms. The van der Waals surface area contributed by atoms with E-state index in [2.05, 4.69) is 27.1 Å². The van der Waals surface area contributed by atoms with Crippen molar-refractivity contribution in [2.45, 2.75) is 69.9 Å². The second-order valence-corrected chi connectivity index (χ2v) is 11.1. The maximum Gasteiger partial charge on any atom is 0.439 e. The molecule has 1 aliphatic carbocycles. The highest BCUT2D eigenvalue weighted by Crippen LogP contribution is 2.37. The molecule has 5 aromatic rings. The lowest BCUT2D eigenvalue weighted by atomic mass is 9.80. The SMILES string of the molecule is CCCc1c(Cc2ccc(-c3ccccc3-c3noc(=O)[nH]3)cc2)c(=O)n(C2CCC(O)(CCO)CC2)c2ncnn12. The van der Waals surface area contributed by atoms with Gasteiger partial charge in [-0.3, -0.25) is 18.9 Å². The fourth-order valence-electron chi connectivity index (χ4n) is 6.23. The molecule has 0 radical (unpaired) electrons. The summed E-state index contributed by atoms with van der Waals surface area (Å²) in [5.41, 5.74) is 4.15. The van der Waals surface area contributed by atoms with Crippen LogP contribution in [-0.4, -0.2) is 51.7 Å². The normalized spacial score (nSPS) is 19.0. The third-order valence-corrected chi connectivity index (χ3v) is 8.41. The van der Waals surface area contributed by atoms with Crippen molar-refractivity contribution < 1.29 is 14.7 Å². The second-order valence-electron chi connectivity index (χ2n) is 11.1. The van der Waals surface area contributed by atoms with Crippen LogP contribution >= 0.6 is 0 Å². The molecule has 0 unspecified atom stereocenters. The van der Waals surface area contributed by atoms with Crippen molar-refractivity contribution in [2.75, 3.05) is 6.61 Å². The quantitative estimate of drug-likeness (QED) is 0.243. The number of fused-ring (bicyclic) bond motifs is 1. The fraction of sp³-hybridized carbons (Fsp3) is 0.387. The molecule has 0 spiro atoms. The highest BCUT2D eigenvalue weighted by atomic mass is 16.5. The van der Waals surface area contributed by atoms with E-state index in [1.54, 1.807) is 9.08 Å².